The fraction of sp³-hybridized carbons (Fsp3) is 0.429. The predicted octanol–water partition coefficient (Wildman–Crippen LogP) is 5.04. The van der Waals surface area contributed by atoms with E-state index in [1.165, 1.54) is 0 Å². The molecule has 0 aliphatic rings. The molecule has 0 bridgehead atoms. The summed E-state index contributed by atoms with van der Waals surface area (Å²) >= 11 is 6.75. The molecule has 1 N–H and O–H groups in total. The Hall–Kier alpha value is -0.880. The number of aryl methyl sites for hydroxylation is 1. The number of nitrogens with one attached hydrogen (secondary N) is 1. The molecule has 20 heavy (non-hydrogen) atoms. The molecule has 0 saturated heterocycles. The van der Waals surface area contributed by atoms with E-state index in [2.05, 4.69) is 61.0 Å². The molecule has 2 aromatic heterocycles. The van der Waals surface area contributed by atoms with Gasteiger partial charge in [-0.05, 0) is 44.7 Å². The molecule has 0 spiro atoms. The lowest BCUT2D eigenvalue weighted by molar-refractivity contribution is 0.549. The van der Waals surface area contributed by atoms with E-state index in [0.717, 1.165) is 41.8 Å². The van der Waals surface area contributed by atoms with Crippen molar-refractivity contribution < 1.29 is 4.42 Å². The van der Waals surface area contributed by atoms with Crippen LogP contribution in [-0.4, -0.2) is 16.5 Å². The lowest BCUT2D eigenvalue weighted by Gasteiger charge is -2.08. The van der Waals surface area contributed by atoms with Gasteiger partial charge in [0, 0.05) is 24.4 Å². The molecule has 4 nitrogen and oxygen atoms in total. The van der Waals surface area contributed by atoms with Crippen LogP contribution in [-0.2, 0) is 6.42 Å². The maximum atomic E-state index is 5.61. The quantitative estimate of drug-likeness (QED) is 0.735. The van der Waals surface area contributed by atoms with Crippen LogP contribution in [0.15, 0.2) is 25.7 Å². The summed E-state index contributed by atoms with van der Waals surface area (Å²) in [6.45, 7) is 5.16. The van der Waals surface area contributed by atoms with E-state index in [9.17, 15) is 0 Å². The molecule has 0 unspecified atom stereocenters. The van der Waals surface area contributed by atoms with Crippen LogP contribution in [0.25, 0.3) is 11.6 Å². The highest BCUT2D eigenvalue weighted by atomic mass is 79.9. The molecule has 2 aromatic rings. The molecule has 0 aromatic carbocycles. The zero-order valence-electron chi connectivity index (χ0n) is 11.5. The number of rotatable bonds is 6. The van der Waals surface area contributed by atoms with E-state index in [0.29, 0.717) is 16.3 Å². The molecule has 0 atom stereocenters. The monoisotopic (exact) mass is 401 g/mol. The van der Waals surface area contributed by atoms with Crippen LogP contribution in [0.3, 0.4) is 0 Å². The van der Waals surface area contributed by atoms with Crippen LogP contribution in [0.4, 0.5) is 5.82 Å². The molecule has 0 saturated carbocycles. The van der Waals surface area contributed by atoms with E-state index >= 15 is 0 Å². The van der Waals surface area contributed by atoms with Gasteiger partial charge in [0.1, 0.15) is 5.82 Å². The topological polar surface area (TPSA) is 51.0 Å². The van der Waals surface area contributed by atoms with Crippen molar-refractivity contribution >= 4 is 37.7 Å². The fourth-order valence-corrected chi connectivity index (χ4v) is 2.37. The average molecular weight is 403 g/mol. The number of furan rings is 1. The number of hydrogen-bond acceptors (Lipinski definition) is 4. The zero-order valence-corrected chi connectivity index (χ0v) is 14.7. The lowest BCUT2D eigenvalue weighted by Crippen LogP contribution is -2.05. The Morgan fingerprint density at radius 2 is 1.95 bits per heavy atom. The Kier molecular flexibility index (Phi) is 5.60. The minimum Gasteiger partial charge on any atom is -0.445 e. The molecule has 0 aliphatic heterocycles. The van der Waals surface area contributed by atoms with Gasteiger partial charge in [0.15, 0.2) is 16.3 Å². The van der Waals surface area contributed by atoms with Crippen molar-refractivity contribution in [2.45, 2.75) is 33.1 Å². The van der Waals surface area contributed by atoms with Crippen molar-refractivity contribution in [1.29, 1.82) is 0 Å². The smallest absolute Gasteiger partial charge is 0.197 e. The molecule has 0 aliphatic carbocycles. The summed E-state index contributed by atoms with van der Waals surface area (Å²) in [6.07, 6.45) is 3.04. The molecule has 108 valence electrons. The Morgan fingerprint density at radius 1 is 1.15 bits per heavy atom. The normalized spacial score (nSPS) is 10.8. The second kappa shape index (κ2) is 7.22. The van der Waals surface area contributed by atoms with Crippen molar-refractivity contribution in [3.63, 3.8) is 0 Å². The molecule has 0 radical (unpaired) electrons. The van der Waals surface area contributed by atoms with E-state index in [1.807, 2.05) is 12.1 Å². The van der Waals surface area contributed by atoms with Crippen molar-refractivity contribution in [1.82, 2.24) is 9.97 Å². The van der Waals surface area contributed by atoms with E-state index < -0.39 is 0 Å². The van der Waals surface area contributed by atoms with E-state index in [1.54, 1.807) is 0 Å². The van der Waals surface area contributed by atoms with Crippen molar-refractivity contribution in [3.8, 4) is 11.6 Å². The first-order valence-electron chi connectivity index (χ1n) is 6.71. The van der Waals surface area contributed by atoms with Crippen LogP contribution >= 0.6 is 31.9 Å². The highest BCUT2D eigenvalue weighted by molar-refractivity contribution is 9.13. The highest BCUT2D eigenvalue weighted by Crippen LogP contribution is 2.31. The van der Waals surface area contributed by atoms with Gasteiger partial charge in [-0.1, -0.05) is 20.3 Å². The van der Waals surface area contributed by atoms with Crippen LogP contribution in [0.1, 0.15) is 32.4 Å². The van der Waals surface area contributed by atoms with E-state index in [4.69, 9.17) is 4.42 Å². The van der Waals surface area contributed by atoms with Crippen molar-refractivity contribution in [2.75, 3.05) is 11.9 Å². The number of nitrogens with zero attached hydrogens (tertiary/aromatic N) is 2. The van der Waals surface area contributed by atoms with Crippen LogP contribution in [0, 0.1) is 0 Å². The van der Waals surface area contributed by atoms with Gasteiger partial charge in [-0.2, -0.15) is 0 Å². The van der Waals surface area contributed by atoms with Crippen LogP contribution in [0.2, 0.25) is 0 Å². The number of aromatic nitrogens is 2. The Bertz CT molecular complexity index is 564. The van der Waals surface area contributed by atoms with Gasteiger partial charge < -0.3 is 9.73 Å². The maximum Gasteiger partial charge on any atom is 0.197 e. The first kappa shape index (κ1) is 15.5. The van der Waals surface area contributed by atoms with Crippen molar-refractivity contribution in [2.24, 2.45) is 0 Å². The predicted molar refractivity (Wildman–Crippen MR) is 87.9 cm³/mol. The Labute approximate surface area is 135 Å². The van der Waals surface area contributed by atoms with Gasteiger partial charge >= 0.3 is 0 Å². The standard InChI is InChI=1S/C14H17Br2N3O/c1-3-5-9-7-12(17-6-4-2)19-14(18-9)11-8-10(15)13(16)20-11/h7-8H,3-6H2,1-2H3,(H,17,18,19). The van der Waals surface area contributed by atoms with Gasteiger partial charge in [0.25, 0.3) is 0 Å². The third-order valence-electron chi connectivity index (χ3n) is 2.71. The van der Waals surface area contributed by atoms with Crippen molar-refractivity contribution in [3.05, 3.63) is 27.0 Å². The second-order valence-corrected chi connectivity index (χ2v) is 6.05. The fourth-order valence-electron chi connectivity index (χ4n) is 1.79. The second-order valence-electron chi connectivity index (χ2n) is 4.48. The highest BCUT2D eigenvalue weighted by Gasteiger charge is 2.13. The number of halogens is 2. The minimum absolute atomic E-state index is 0.612. The Balaban J connectivity index is 2.37. The average Bonchev–Trinajstić information content (AvgIpc) is 2.77. The largest absolute Gasteiger partial charge is 0.445 e. The molecule has 2 rings (SSSR count). The third kappa shape index (κ3) is 3.82. The lowest BCUT2D eigenvalue weighted by atomic mass is 10.2. The zero-order chi connectivity index (χ0) is 14.5. The molecular formula is C14H17Br2N3O. The van der Waals surface area contributed by atoms with Crippen LogP contribution in [0.5, 0.6) is 0 Å². The molecule has 0 fully saturated rings. The van der Waals surface area contributed by atoms with Gasteiger partial charge in [0.2, 0.25) is 0 Å². The third-order valence-corrected chi connectivity index (χ3v) is 4.42. The first-order valence-corrected chi connectivity index (χ1v) is 8.29. The summed E-state index contributed by atoms with van der Waals surface area (Å²) in [5.74, 6) is 2.12. The molecule has 0 amide bonds. The summed E-state index contributed by atoms with van der Waals surface area (Å²) in [5, 5.41) is 3.31. The molecule has 6 heteroatoms. The SMILES string of the molecule is CCCNc1cc(CCC)nc(-c2cc(Br)c(Br)o2)n1. The summed E-state index contributed by atoms with van der Waals surface area (Å²) in [4.78, 5) is 9.09. The van der Waals surface area contributed by atoms with Gasteiger partial charge in [-0.3, -0.25) is 0 Å². The van der Waals surface area contributed by atoms with E-state index in [-0.39, 0.29) is 0 Å². The van der Waals surface area contributed by atoms with Gasteiger partial charge in [-0.25, -0.2) is 9.97 Å². The summed E-state index contributed by atoms with van der Waals surface area (Å²) in [5.41, 5.74) is 1.03. The number of anilines is 1. The summed E-state index contributed by atoms with van der Waals surface area (Å²) in [6, 6.07) is 3.88. The van der Waals surface area contributed by atoms with Gasteiger partial charge in [0.05, 0.1) is 4.47 Å². The summed E-state index contributed by atoms with van der Waals surface area (Å²) in [7, 11) is 0. The molecule has 2 heterocycles. The minimum atomic E-state index is 0.612. The first-order chi connectivity index (χ1) is 9.63. The summed E-state index contributed by atoms with van der Waals surface area (Å²) < 4.78 is 7.12. The Morgan fingerprint density at radius 3 is 2.55 bits per heavy atom. The maximum absolute atomic E-state index is 5.61. The van der Waals surface area contributed by atoms with Crippen LogP contribution < -0.4 is 5.32 Å². The number of hydrogen-bond donors (Lipinski definition) is 1. The van der Waals surface area contributed by atoms with Gasteiger partial charge in [-0.15, -0.1) is 0 Å². The molecular weight excluding hydrogens is 386 g/mol.